The lowest BCUT2D eigenvalue weighted by Gasteiger charge is -2.08. The first-order valence-electron chi connectivity index (χ1n) is 6.49. The molecule has 0 spiro atoms. The lowest BCUT2D eigenvalue weighted by atomic mass is 10.2. The lowest BCUT2D eigenvalue weighted by molar-refractivity contribution is -0.115. The average molecular weight is 286 g/mol. The minimum absolute atomic E-state index is 0.0326. The van der Waals surface area contributed by atoms with Crippen molar-refractivity contribution in [2.45, 2.75) is 18.2 Å². The molecule has 2 aromatic rings. The number of hydrogen-bond acceptors (Lipinski definition) is 3. The number of nitrogen functional groups attached to an aromatic ring is 1. The molecule has 3 nitrogen and oxygen atoms in total. The van der Waals surface area contributed by atoms with Crippen LogP contribution in [0.15, 0.2) is 53.4 Å². The van der Waals surface area contributed by atoms with Gasteiger partial charge in [-0.05, 0) is 36.8 Å². The first-order valence-corrected chi connectivity index (χ1v) is 7.48. The Morgan fingerprint density at radius 2 is 1.90 bits per heavy atom. The van der Waals surface area contributed by atoms with E-state index >= 15 is 0 Å². The van der Waals surface area contributed by atoms with E-state index in [1.807, 2.05) is 55.5 Å². The van der Waals surface area contributed by atoms with Gasteiger partial charge >= 0.3 is 0 Å². The van der Waals surface area contributed by atoms with Crippen LogP contribution in [0.25, 0.3) is 0 Å². The smallest absolute Gasteiger partial charge is 0.225 e. The van der Waals surface area contributed by atoms with Crippen LogP contribution < -0.4 is 11.1 Å². The number of amides is 1. The number of benzene rings is 2. The van der Waals surface area contributed by atoms with Crippen LogP contribution in [0.2, 0.25) is 0 Å². The first-order chi connectivity index (χ1) is 9.66. The molecule has 0 unspecified atom stereocenters. The SMILES string of the molecule is Cc1c(N)cccc1SCCC(=O)Nc1ccccc1. The Morgan fingerprint density at radius 1 is 1.15 bits per heavy atom. The quantitative estimate of drug-likeness (QED) is 0.651. The fourth-order valence-electron chi connectivity index (χ4n) is 1.79. The predicted octanol–water partition coefficient (Wildman–Crippen LogP) is 3.70. The second kappa shape index (κ2) is 7.01. The van der Waals surface area contributed by atoms with Crippen molar-refractivity contribution in [3.63, 3.8) is 0 Å². The van der Waals surface area contributed by atoms with Crippen molar-refractivity contribution >= 4 is 29.0 Å². The molecule has 0 radical (unpaired) electrons. The Bertz CT molecular complexity index is 584. The molecule has 0 saturated heterocycles. The van der Waals surface area contributed by atoms with Crippen LogP contribution in [0.5, 0.6) is 0 Å². The molecule has 0 heterocycles. The van der Waals surface area contributed by atoms with Crippen LogP contribution in [-0.4, -0.2) is 11.7 Å². The summed E-state index contributed by atoms with van der Waals surface area (Å²) in [5.74, 6) is 0.772. The van der Waals surface area contributed by atoms with Gasteiger partial charge in [-0.1, -0.05) is 24.3 Å². The summed E-state index contributed by atoms with van der Waals surface area (Å²) in [6.45, 7) is 2.00. The van der Waals surface area contributed by atoms with Crippen LogP contribution >= 0.6 is 11.8 Å². The van der Waals surface area contributed by atoms with Crippen molar-refractivity contribution in [1.29, 1.82) is 0 Å². The van der Waals surface area contributed by atoms with Gasteiger partial charge in [-0.3, -0.25) is 4.79 Å². The summed E-state index contributed by atoms with van der Waals surface area (Å²) in [7, 11) is 0. The van der Waals surface area contributed by atoms with Gasteiger partial charge in [0.2, 0.25) is 5.91 Å². The highest BCUT2D eigenvalue weighted by Gasteiger charge is 2.05. The minimum Gasteiger partial charge on any atom is -0.398 e. The number of carbonyl (C=O) groups excluding carboxylic acids is 1. The molecule has 0 aliphatic heterocycles. The van der Waals surface area contributed by atoms with Crippen LogP contribution in [0, 0.1) is 6.92 Å². The van der Waals surface area contributed by atoms with Gasteiger partial charge in [0, 0.05) is 28.4 Å². The van der Waals surface area contributed by atoms with Gasteiger partial charge in [-0.15, -0.1) is 11.8 Å². The molecule has 1 amide bonds. The number of nitrogens with two attached hydrogens (primary N) is 1. The van der Waals surface area contributed by atoms with E-state index in [9.17, 15) is 4.79 Å². The summed E-state index contributed by atoms with van der Waals surface area (Å²) in [6.07, 6.45) is 0.480. The highest BCUT2D eigenvalue weighted by Crippen LogP contribution is 2.26. The zero-order chi connectivity index (χ0) is 14.4. The number of para-hydroxylation sites is 1. The molecule has 0 bridgehead atoms. The molecular weight excluding hydrogens is 268 g/mol. The van der Waals surface area contributed by atoms with Gasteiger partial charge in [0.05, 0.1) is 0 Å². The number of rotatable bonds is 5. The van der Waals surface area contributed by atoms with E-state index in [1.165, 1.54) is 0 Å². The van der Waals surface area contributed by atoms with Gasteiger partial charge in [0.25, 0.3) is 0 Å². The molecule has 0 aliphatic carbocycles. The molecule has 0 fully saturated rings. The third-order valence-electron chi connectivity index (χ3n) is 2.97. The third kappa shape index (κ3) is 4.03. The molecule has 20 heavy (non-hydrogen) atoms. The molecule has 2 aromatic carbocycles. The van der Waals surface area contributed by atoms with Crippen molar-refractivity contribution in [2.75, 3.05) is 16.8 Å². The summed E-state index contributed by atoms with van der Waals surface area (Å²) >= 11 is 1.66. The van der Waals surface area contributed by atoms with Gasteiger partial charge in [-0.2, -0.15) is 0 Å². The molecule has 4 heteroatoms. The second-order valence-corrected chi connectivity index (χ2v) is 5.62. The Labute approximate surface area is 123 Å². The normalized spacial score (nSPS) is 10.2. The molecule has 0 saturated carbocycles. The number of hydrogen-bond donors (Lipinski definition) is 2. The van der Waals surface area contributed by atoms with E-state index in [0.717, 1.165) is 27.6 Å². The highest BCUT2D eigenvalue weighted by molar-refractivity contribution is 7.99. The van der Waals surface area contributed by atoms with E-state index in [1.54, 1.807) is 11.8 Å². The molecule has 3 N–H and O–H groups in total. The van der Waals surface area contributed by atoms with Gasteiger partial charge in [-0.25, -0.2) is 0 Å². The zero-order valence-electron chi connectivity index (χ0n) is 11.4. The maximum absolute atomic E-state index is 11.8. The van der Waals surface area contributed by atoms with E-state index < -0.39 is 0 Å². The number of carbonyl (C=O) groups is 1. The topological polar surface area (TPSA) is 55.1 Å². The van der Waals surface area contributed by atoms with E-state index in [-0.39, 0.29) is 5.91 Å². The maximum atomic E-state index is 11.8. The van der Waals surface area contributed by atoms with E-state index in [2.05, 4.69) is 5.32 Å². The first kappa shape index (κ1) is 14.5. The summed E-state index contributed by atoms with van der Waals surface area (Å²) in [4.78, 5) is 12.9. The van der Waals surface area contributed by atoms with E-state index in [0.29, 0.717) is 6.42 Å². The van der Waals surface area contributed by atoms with Gasteiger partial charge < -0.3 is 11.1 Å². The zero-order valence-corrected chi connectivity index (χ0v) is 12.2. The Kier molecular flexibility index (Phi) is 5.07. The van der Waals surface area contributed by atoms with Crippen molar-refractivity contribution in [3.8, 4) is 0 Å². The fraction of sp³-hybridized carbons (Fsp3) is 0.188. The van der Waals surface area contributed by atoms with Crippen LogP contribution in [-0.2, 0) is 4.79 Å². The largest absolute Gasteiger partial charge is 0.398 e. The van der Waals surface area contributed by atoms with Gasteiger partial charge in [0.1, 0.15) is 0 Å². The van der Waals surface area contributed by atoms with Crippen molar-refractivity contribution < 1.29 is 4.79 Å². The van der Waals surface area contributed by atoms with Crippen molar-refractivity contribution in [1.82, 2.24) is 0 Å². The summed E-state index contributed by atoms with van der Waals surface area (Å²) in [6, 6.07) is 15.4. The van der Waals surface area contributed by atoms with Gasteiger partial charge in [0.15, 0.2) is 0 Å². The number of anilines is 2. The number of thioether (sulfide) groups is 1. The second-order valence-electron chi connectivity index (χ2n) is 4.48. The van der Waals surface area contributed by atoms with Crippen molar-refractivity contribution in [2.24, 2.45) is 0 Å². The van der Waals surface area contributed by atoms with Crippen LogP contribution in [0.3, 0.4) is 0 Å². The maximum Gasteiger partial charge on any atom is 0.225 e. The van der Waals surface area contributed by atoms with Crippen LogP contribution in [0.1, 0.15) is 12.0 Å². The monoisotopic (exact) mass is 286 g/mol. The minimum atomic E-state index is 0.0326. The summed E-state index contributed by atoms with van der Waals surface area (Å²) < 4.78 is 0. The Balaban J connectivity index is 1.81. The molecule has 2 rings (SSSR count). The molecule has 104 valence electrons. The molecule has 0 aromatic heterocycles. The predicted molar refractivity (Wildman–Crippen MR) is 86.0 cm³/mol. The summed E-state index contributed by atoms with van der Waals surface area (Å²) in [5.41, 5.74) is 8.58. The van der Waals surface area contributed by atoms with Crippen molar-refractivity contribution in [3.05, 3.63) is 54.1 Å². The Morgan fingerprint density at radius 3 is 2.65 bits per heavy atom. The average Bonchev–Trinajstić information content (AvgIpc) is 2.44. The third-order valence-corrected chi connectivity index (χ3v) is 4.13. The highest BCUT2D eigenvalue weighted by atomic mass is 32.2. The molecule has 0 aliphatic rings. The Hall–Kier alpha value is -1.94. The van der Waals surface area contributed by atoms with Crippen LogP contribution in [0.4, 0.5) is 11.4 Å². The number of nitrogens with one attached hydrogen (secondary N) is 1. The lowest BCUT2D eigenvalue weighted by Crippen LogP contribution is -2.11. The fourth-order valence-corrected chi connectivity index (χ4v) is 2.80. The standard InChI is InChI=1S/C16H18N2OS/c1-12-14(17)8-5-9-15(12)20-11-10-16(19)18-13-6-3-2-4-7-13/h2-9H,10-11,17H2,1H3,(H,18,19). The molecular formula is C16H18N2OS. The molecule has 0 atom stereocenters. The van der Waals surface area contributed by atoms with E-state index in [4.69, 9.17) is 5.73 Å². The summed E-state index contributed by atoms with van der Waals surface area (Å²) in [5, 5.41) is 2.88.